The summed E-state index contributed by atoms with van der Waals surface area (Å²) in [6, 6.07) is 7.85. The van der Waals surface area contributed by atoms with Crippen molar-refractivity contribution in [3.05, 3.63) is 45.9 Å². The summed E-state index contributed by atoms with van der Waals surface area (Å²) in [5.74, 6) is 1.59. The summed E-state index contributed by atoms with van der Waals surface area (Å²) in [4.78, 5) is 17.9. The van der Waals surface area contributed by atoms with Crippen molar-refractivity contribution in [2.75, 3.05) is 19.6 Å². The molecule has 1 aromatic heterocycles. The number of carbonyl (C=O) groups excluding carboxylic acids is 1. The molecule has 1 aliphatic rings. The SMILES string of the molecule is Cc1nc(CSc2ccc(C(=O)NCCC3CCCNC3)cc2)cs1. The zero-order chi connectivity index (χ0) is 17.5. The number of benzene rings is 1. The molecule has 25 heavy (non-hydrogen) atoms. The summed E-state index contributed by atoms with van der Waals surface area (Å²) >= 11 is 3.43. The third-order valence-corrected chi connectivity index (χ3v) is 6.27. The van der Waals surface area contributed by atoms with Crippen LogP contribution in [-0.4, -0.2) is 30.5 Å². The van der Waals surface area contributed by atoms with Crippen molar-refractivity contribution >= 4 is 29.0 Å². The number of hydrogen-bond donors (Lipinski definition) is 2. The normalized spacial score (nSPS) is 17.4. The highest BCUT2D eigenvalue weighted by atomic mass is 32.2. The van der Waals surface area contributed by atoms with E-state index in [0.717, 1.165) is 53.0 Å². The molecular formula is C19H25N3OS2. The number of rotatable bonds is 7. The average molecular weight is 376 g/mol. The van der Waals surface area contributed by atoms with E-state index in [9.17, 15) is 4.79 Å². The van der Waals surface area contributed by atoms with Gasteiger partial charge in [-0.2, -0.15) is 0 Å². The fraction of sp³-hybridized carbons (Fsp3) is 0.474. The molecule has 0 spiro atoms. The van der Waals surface area contributed by atoms with Gasteiger partial charge in [0.05, 0.1) is 10.7 Å². The van der Waals surface area contributed by atoms with Gasteiger partial charge < -0.3 is 10.6 Å². The van der Waals surface area contributed by atoms with Crippen LogP contribution in [0.15, 0.2) is 34.5 Å². The highest BCUT2D eigenvalue weighted by Crippen LogP contribution is 2.24. The molecule has 0 radical (unpaired) electrons. The number of piperidine rings is 1. The van der Waals surface area contributed by atoms with Crippen molar-refractivity contribution in [3.63, 3.8) is 0 Å². The minimum atomic E-state index is 0.0236. The molecule has 1 unspecified atom stereocenters. The molecule has 3 rings (SSSR count). The highest BCUT2D eigenvalue weighted by molar-refractivity contribution is 7.98. The van der Waals surface area contributed by atoms with E-state index in [0.29, 0.717) is 5.92 Å². The van der Waals surface area contributed by atoms with Crippen molar-refractivity contribution in [2.24, 2.45) is 5.92 Å². The van der Waals surface area contributed by atoms with Crippen LogP contribution in [0.1, 0.15) is 40.3 Å². The molecule has 0 aliphatic carbocycles. The lowest BCUT2D eigenvalue weighted by Crippen LogP contribution is -2.33. The zero-order valence-electron chi connectivity index (χ0n) is 14.6. The van der Waals surface area contributed by atoms with Gasteiger partial charge in [0.15, 0.2) is 0 Å². The Morgan fingerprint density at radius 1 is 1.40 bits per heavy atom. The Bertz CT molecular complexity index is 678. The maximum atomic E-state index is 12.2. The molecule has 2 aromatic rings. The predicted octanol–water partition coefficient (Wildman–Crippen LogP) is 3.86. The minimum Gasteiger partial charge on any atom is -0.352 e. The van der Waals surface area contributed by atoms with Crippen molar-refractivity contribution in [1.29, 1.82) is 0 Å². The second-order valence-corrected chi connectivity index (χ2v) is 8.54. The number of hydrogen-bond acceptors (Lipinski definition) is 5. The Balaban J connectivity index is 1.42. The van der Waals surface area contributed by atoms with E-state index in [4.69, 9.17) is 0 Å². The van der Waals surface area contributed by atoms with E-state index < -0.39 is 0 Å². The van der Waals surface area contributed by atoms with Gasteiger partial charge in [0.2, 0.25) is 0 Å². The first-order valence-electron chi connectivity index (χ1n) is 8.83. The second kappa shape index (κ2) is 9.36. The molecule has 1 atom stereocenters. The third kappa shape index (κ3) is 5.83. The van der Waals surface area contributed by atoms with Crippen molar-refractivity contribution in [2.45, 2.75) is 36.8 Å². The van der Waals surface area contributed by atoms with E-state index in [-0.39, 0.29) is 5.91 Å². The van der Waals surface area contributed by atoms with Crippen LogP contribution in [0.2, 0.25) is 0 Å². The van der Waals surface area contributed by atoms with Gasteiger partial charge >= 0.3 is 0 Å². The fourth-order valence-corrected chi connectivity index (χ4v) is 4.51. The molecule has 0 bridgehead atoms. The molecule has 2 N–H and O–H groups in total. The summed E-state index contributed by atoms with van der Waals surface area (Å²) in [5.41, 5.74) is 1.85. The van der Waals surface area contributed by atoms with Crippen molar-refractivity contribution < 1.29 is 4.79 Å². The molecule has 1 aromatic carbocycles. The Kier molecular flexibility index (Phi) is 6.90. The van der Waals surface area contributed by atoms with E-state index in [2.05, 4.69) is 21.0 Å². The number of nitrogens with one attached hydrogen (secondary N) is 2. The number of nitrogens with zero attached hydrogens (tertiary/aromatic N) is 1. The number of thiazole rings is 1. The summed E-state index contributed by atoms with van der Waals surface area (Å²) in [6.45, 7) is 5.00. The molecule has 1 amide bonds. The van der Waals surface area contributed by atoms with Crippen LogP contribution in [0.5, 0.6) is 0 Å². The van der Waals surface area contributed by atoms with Gasteiger partial charge in [-0.1, -0.05) is 0 Å². The molecule has 1 fully saturated rings. The summed E-state index contributed by atoms with van der Waals surface area (Å²) in [6.07, 6.45) is 3.57. The van der Waals surface area contributed by atoms with Crippen molar-refractivity contribution in [1.82, 2.24) is 15.6 Å². The van der Waals surface area contributed by atoms with Crippen molar-refractivity contribution in [3.8, 4) is 0 Å². The fourth-order valence-electron chi connectivity index (χ4n) is 3.00. The van der Waals surface area contributed by atoms with Crippen LogP contribution >= 0.6 is 23.1 Å². The largest absolute Gasteiger partial charge is 0.352 e. The van der Waals surface area contributed by atoms with Crippen LogP contribution in [0, 0.1) is 12.8 Å². The summed E-state index contributed by atoms with van der Waals surface area (Å²) in [5, 5.41) is 9.67. The standard InChI is InChI=1S/C19H25N3OS2/c1-14-22-17(12-24-14)13-25-18-6-4-16(5-7-18)19(23)21-10-8-15-3-2-9-20-11-15/h4-7,12,15,20H,2-3,8-11,13H2,1H3,(H,21,23). The minimum absolute atomic E-state index is 0.0236. The van der Waals surface area contributed by atoms with Crippen LogP contribution in [0.25, 0.3) is 0 Å². The summed E-state index contributed by atoms with van der Waals surface area (Å²) in [7, 11) is 0. The van der Waals surface area contributed by atoms with E-state index in [1.54, 1.807) is 23.1 Å². The zero-order valence-corrected chi connectivity index (χ0v) is 16.2. The Morgan fingerprint density at radius 3 is 2.92 bits per heavy atom. The smallest absolute Gasteiger partial charge is 0.251 e. The molecule has 0 saturated carbocycles. The average Bonchev–Trinajstić information content (AvgIpc) is 3.06. The number of thioether (sulfide) groups is 1. The van der Waals surface area contributed by atoms with Gasteiger partial charge in [0, 0.05) is 28.1 Å². The Labute approximate surface area is 157 Å². The number of carbonyl (C=O) groups is 1. The van der Waals surface area contributed by atoms with Crippen LogP contribution in [0.3, 0.4) is 0 Å². The number of aromatic nitrogens is 1. The molecule has 2 heterocycles. The highest BCUT2D eigenvalue weighted by Gasteiger charge is 2.13. The van der Waals surface area contributed by atoms with Crippen LogP contribution in [-0.2, 0) is 5.75 Å². The maximum absolute atomic E-state index is 12.2. The van der Waals surface area contributed by atoms with Gasteiger partial charge in [0.1, 0.15) is 0 Å². The van der Waals surface area contributed by atoms with Gasteiger partial charge in [0.25, 0.3) is 5.91 Å². The van der Waals surface area contributed by atoms with Crippen LogP contribution < -0.4 is 10.6 Å². The second-order valence-electron chi connectivity index (χ2n) is 6.43. The lowest BCUT2D eigenvalue weighted by atomic mass is 9.96. The van der Waals surface area contributed by atoms with E-state index in [1.807, 2.05) is 31.2 Å². The number of amides is 1. The monoisotopic (exact) mass is 375 g/mol. The molecule has 1 aliphatic heterocycles. The third-order valence-electron chi connectivity index (χ3n) is 4.41. The van der Waals surface area contributed by atoms with E-state index in [1.165, 1.54) is 12.8 Å². The molecule has 4 nitrogen and oxygen atoms in total. The van der Waals surface area contributed by atoms with E-state index >= 15 is 0 Å². The van der Waals surface area contributed by atoms with Crippen LogP contribution in [0.4, 0.5) is 0 Å². The Morgan fingerprint density at radius 2 is 2.24 bits per heavy atom. The number of aryl methyl sites for hydroxylation is 1. The molecule has 134 valence electrons. The van der Waals surface area contributed by atoms with Gasteiger partial charge in [-0.3, -0.25) is 4.79 Å². The van der Waals surface area contributed by atoms with Gasteiger partial charge in [-0.25, -0.2) is 4.98 Å². The summed E-state index contributed by atoms with van der Waals surface area (Å²) < 4.78 is 0. The first kappa shape index (κ1) is 18.4. The Hall–Kier alpha value is -1.37. The lowest BCUT2D eigenvalue weighted by Gasteiger charge is -2.22. The first-order chi connectivity index (χ1) is 12.2. The lowest BCUT2D eigenvalue weighted by molar-refractivity contribution is 0.0950. The molecule has 1 saturated heterocycles. The molecule has 6 heteroatoms. The first-order valence-corrected chi connectivity index (χ1v) is 10.7. The molecular weight excluding hydrogens is 350 g/mol. The maximum Gasteiger partial charge on any atom is 0.251 e. The van der Waals surface area contributed by atoms with Gasteiger partial charge in [-0.15, -0.1) is 23.1 Å². The topological polar surface area (TPSA) is 54.0 Å². The quantitative estimate of drug-likeness (QED) is 0.722. The predicted molar refractivity (Wildman–Crippen MR) is 105 cm³/mol. The van der Waals surface area contributed by atoms with Gasteiger partial charge in [-0.05, 0) is 69.5 Å².